The number of hydrogen-bond acceptors (Lipinski definition) is 1. The first-order valence-corrected chi connectivity index (χ1v) is 10.1. The van der Waals surface area contributed by atoms with Gasteiger partial charge in [-0.2, -0.15) is 0 Å². The maximum absolute atomic E-state index is 14.6. The Morgan fingerprint density at radius 2 is 1.31 bits per heavy atom. The molecule has 6 heteroatoms. The van der Waals surface area contributed by atoms with Gasteiger partial charge in [-0.3, -0.25) is 0 Å². The zero-order valence-corrected chi connectivity index (χ0v) is 17.2. The van der Waals surface area contributed by atoms with Crippen molar-refractivity contribution in [3.05, 3.63) is 101 Å². The molecule has 0 saturated carbocycles. The van der Waals surface area contributed by atoms with Crippen LogP contribution in [0, 0.1) is 29.1 Å². The van der Waals surface area contributed by atoms with Crippen molar-refractivity contribution >= 4 is 10.8 Å². The molecule has 0 heterocycles. The normalized spacial score (nSPS) is 11.2. The summed E-state index contributed by atoms with van der Waals surface area (Å²) in [5, 5.41) is 0.0182. The van der Waals surface area contributed by atoms with Crippen LogP contribution >= 0.6 is 0 Å². The van der Waals surface area contributed by atoms with Crippen molar-refractivity contribution in [3.8, 4) is 16.9 Å². The summed E-state index contributed by atoms with van der Waals surface area (Å²) in [4.78, 5) is 0. The van der Waals surface area contributed by atoms with E-state index in [1.165, 1.54) is 30.3 Å². The smallest absolute Gasteiger partial charge is 0.195 e. The number of ether oxygens (including phenoxy) is 1. The Balaban J connectivity index is 1.55. The second-order valence-electron chi connectivity index (χ2n) is 7.55. The van der Waals surface area contributed by atoms with E-state index < -0.39 is 34.8 Å². The standard InChI is InChI=1S/C26H19F5O/c1-2-3-15-4-7-17(8-5-15)18-11-22(28)26(23(29)12-18)32-14-16-6-9-20-19(10-16)13-21(27)25(31)24(20)30/h4-13H,2-3,14H2,1H3. The highest BCUT2D eigenvalue weighted by atomic mass is 19.2. The predicted molar refractivity (Wildman–Crippen MR) is 114 cm³/mol. The lowest BCUT2D eigenvalue weighted by molar-refractivity contribution is 0.274. The molecule has 4 aromatic carbocycles. The van der Waals surface area contributed by atoms with E-state index in [1.807, 2.05) is 24.3 Å². The lowest BCUT2D eigenvalue weighted by Gasteiger charge is -2.12. The Bertz CT molecular complexity index is 1260. The van der Waals surface area contributed by atoms with Gasteiger partial charge in [-0.05, 0) is 58.3 Å². The monoisotopic (exact) mass is 442 g/mol. The van der Waals surface area contributed by atoms with Crippen molar-refractivity contribution in [2.75, 3.05) is 0 Å². The molecule has 0 aliphatic carbocycles. The molecular weight excluding hydrogens is 423 g/mol. The molecule has 164 valence electrons. The van der Waals surface area contributed by atoms with Crippen LogP contribution in [-0.2, 0) is 13.0 Å². The van der Waals surface area contributed by atoms with Gasteiger partial charge in [-0.25, -0.2) is 22.0 Å². The predicted octanol–water partition coefficient (Wildman–Crippen LogP) is 7.73. The van der Waals surface area contributed by atoms with Gasteiger partial charge in [0, 0.05) is 5.39 Å². The largest absolute Gasteiger partial charge is 0.483 e. The molecule has 0 fully saturated rings. The SMILES string of the molecule is CCCc1ccc(-c2cc(F)c(OCc3ccc4c(F)c(F)c(F)cc4c3)c(F)c2)cc1. The number of rotatable bonds is 6. The van der Waals surface area contributed by atoms with Crippen LogP contribution in [0.5, 0.6) is 5.75 Å². The zero-order chi connectivity index (χ0) is 22.8. The Morgan fingerprint density at radius 3 is 1.97 bits per heavy atom. The minimum Gasteiger partial charge on any atom is -0.483 e. The van der Waals surface area contributed by atoms with Gasteiger partial charge in [0.25, 0.3) is 0 Å². The summed E-state index contributed by atoms with van der Waals surface area (Å²) in [6.45, 7) is 1.83. The Kier molecular flexibility index (Phi) is 6.12. The maximum atomic E-state index is 14.6. The molecule has 0 aromatic heterocycles. The molecule has 32 heavy (non-hydrogen) atoms. The fraction of sp³-hybridized carbons (Fsp3) is 0.154. The lowest BCUT2D eigenvalue weighted by Crippen LogP contribution is -2.01. The maximum Gasteiger partial charge on any atom is 0.195 e. The fourth-order valence-electron chi connectivity index (χ4n) is 3.62. The quantitative estimate of drug-likeness (QED) is 0.219. The molecule has 0 amide bonds. The average Bonchev–Trinajstić information content (AvgIpc) is 2.77. The Labute approximate surface area is 182 Å². The Hall–Kier alpha value is -3.41. The molecule has 0 radical (unpaired) electrons. The minimum atomic E-state index is -1.55. The summed E-state index contributed by atoms with van der Waals surface area (Å²) in [6.07, 6.45) is 1.94. The molecule has 1 nitrogen and oxygen atoms in total. The number of aryl methyl sites for hydroxylation is 1. The van der Waals surface area contributed by atoms with Crippen molar-refractivity contribution < 1.29 is 26.7 Å². The molecule has 4 rings (SSSR count). The lowest BCUT2D eigenvalue weighted by atomic mass is 10.0. The van der Waals surface area contributed by atoms with E-state index in [4.69, 9.17) is 4.74 Å². The first-order valence-electron chi connectivity index (χ1n) is 10.1. The van der Waals surface area contributed by atoms with Crippen LogP contribution < -0.4 is 4.74 Å². The van der Waals surface area contributed by atoms with Crippen LogP contribution in [0.1, 0.15) is 24.5 Å². The van der Waals surface area contributed by atoms with Gasteiger partial charge in [0.1, 0.15) is 6.61 Å². The first kappa shape index (κ1) is 21.8. The van der Waals surface area contributed by atoms with Crippen LogP contribution in [0.4, 0.5) is 22.0 Å². The molecule has 0 spiro atoms. The number of fused-ring (bicyclic) bond motifs is 1. The summed E-state index contributed by atoms with van der Waals surface area (Å²) in [5.74, 6) is -6.43. The van der Waals surface area contributed by atoms with Crippen LogP contribution in [0.2, 0.25) is 0 Å². The molecule has 0 unspecified atom stereocenters. The molecule has 0 aliphatic rings. The third-order valence-corrected chi connectivity index (χ3v) is 5.24. The van der Waals surface area contributed by atoms with E-state index in [0.29, 0.717) is 16.7 Å². The molecular formula is C26H19F5O. The van der Waals surface area contributed by atoms with Gasteiger partial charge in [0.05, 0.1) is 0 Å². The van der Waals surface area contributed by atoms with Crippen molar-refractivity contribution in [1.29, 1.82) is 0 Å². The third kappa shape index (κ3) is 4.31. The van der Waals surface area contributed by atoms with E-state index in [-0.39, 0.29) is 17.4 Å². The molecule has 0 bridgehead atoms. The summed E-state index contributed by atoms with van der Waals surface area (Å²) < 4.78 is 75.2. The molecule has 0 N–H and O–H groups in total. The topological polar surface area (TPSA) is 9.23 Å². The minimum absolute atomic E-state index is 0.0979. The van der Waals surface area contributed by atoms with E-state index in [2.05, 4.69) is 6.92 Å². The van der Waals surface area contributed by atoms with E-state index in [9.17, 15) is 22.0 Å². The average molecular weight is 442 g/mol. The first-order chi connectivity index (χ1) is 15.4. The van der Waals surface area contributed by atoms with Crippen molar-refractivity contribution in [3.63, 3.8) is 0 Å². The van der Waals surface area contributed by atoms with Gasteiger partial charge in [-0.15, -0.1) is 0 Å². The summed E-state index contributed by atoms with van der Waals surface area (Å²) in [7, 11) is 0. The summed E-state index contributed by atoms with van der Waals surface area (Å²) in [6, 6.07) is 14.8. The highest BCUT2D eigenvalue weighted by Crippen LogP contribution is 2.30. The van der Waals surface area contributed by atoms with E-state index in [1.54, 1.807) is 0 Å². The van der Waals surface area contributed by atoms with Gasteiger partial charge in [0.2, 0.25) is 0 Å². The molecule has 0 atom stereocenters. The molecule has 0 saturated heterocycles. The second-order valence-corrected chi connectivity index (χ2v) is 7.55. The fourth-order valence-corrected chi connectivity index (χ4v) is 3.62. The van der Waals surface area contributed by atoms with E-state index in [0.717, 1.165) is 24.5 Å². The molecule has 0 aliphatic heterocycles. The van der Waals surface area contributed by atoms with Crippen molar-refractivity contribution in [2.45, 2.75) is 26.4 Å². The van der Waals surface area contributed by atoms with Crippen molar-refractivity contribution in [1.82, 2.24) is 0 Å². The molecule has 4 aromatic rings. The third-order valence-electron chi connectivity index (χ3n) is 5.24. The highest BCUT2D eigenvalue weighted by Gasteiger charge is 2.16. The highest BCUT2D eigenvalue weighted by molar-refractivity contribution is 5.84. The van der Waals surface area contributed by atoms with Gasteiger partial charge >= 0.3 is 0 Å². The zero-order valence-electron chi connectivity index (χ0n) is 17.2. The van der Waals surface area contributed by atoms with Crippen LogP contribution in [0.15, 0.2) is 60.7 Å². The summed E-state index contributed by atoms with van der Waals surface area (Å²) in [5.41, 5.74) is 2.63. The number of halogens is 5. The van der Waals surface area contributed by atoms with Gasteiger partial charge < -0.3 is 4.74 Å². The van der Waals surface area contributed by atoms with Gasteiger partial charge in [-0.1, -0.05) is 49.7 Å². The van der Waals surface area contributed by atoms with Crippen LogP contribution in [-0.4, -0.2) is 0 Å². The van der Waals surface area contributed by atoms with E-state index >= 15 is 0 Å². The van der Waals surface area contributed by atoms with Crippen LogP contribution in [0.3, 0.4) is 0 Å². The number of hydrogen-bond donors (Lipinski definition) is 0. The summed E-state index contributed by atoms with van der Waals surface area (Å²) >= 11 is 0. The second kappa shape index (κ2) is 8.99. The Morgan fingerprint density at radius 1 is 0.656 bits per heavy atom. The van der Waals surface area contributed by atoms with Gasteiger partial charge in [0.15, 0.2) is 34.8 Å². The number of benzene rings is 4. The van der Waals surface area contributed by atoms with Crippen molar-refractivity contribution in [2.24, 2.45) is 0 Å². The van der Waals surface area contributed by atoms with Crippen LogP contribution in [0.25, 0.3) is 21.9 Å².